The maximum atomic E-state index is 11.8. The van der Waals surface area contributed by atoms with Crippen molar-refractivity contribution < 1.29 is 9.53 Å². The van der Waals surface area contributed by atoms with Crippen molar-refractivity contribution in [3.05, 3.63) is 102 Å². The molecule has 0 saturated carbocycles. The van der Waals surface area contributed by atoms with Crippen molar-refractivity contribution in [1.29, 1.82) is 0 Å². The van der Waals surface area contributed by atoms with E-state index in [1.807, 2.05) is 48.5 Å². The van der Waals surface area contributed by atoms with E-state index in [-0.39, 0.29) is 13.4 Å². The quantitative estimate of drug-likeness (QED) is 0.398. The van der Waals surface area contributed by atoms with Crippen molar-refractivity contribution in [3.8, 4) is 0 Å². The van der Waals surface area contributed by atoms with E-state index in [0.717, 1.165) is 11.3 Å². The molecule has 3 heteroatoms. The monoisotopic (exact) mass is 373 g/mol. The van der Waals surface area contributed by atoms with Crippen LogP contribution in [0.3, 0.4) is 0 Å². The number of carbonyl (C=O) groups excluding carboxylic acids is 1. The van der Waals surface area contributed by atoms with Gasteiger partial charge in [0, 0.05) is 12.2 Å². The van der Waals surface area contributed by atoms with E-state index < -0.39 is 0 Å². The van der Waals surface area contributed by atoms with Crippen molar-refractivity contribution in [2.45, 2.75) is 14.4 Å². The number of nitrogens with one attached hydrogen (secondary N) is 1. The molecule has 28 heavy (non-hydrogen) atoms. The molecule has 0 aliphatic carbocycles. The van der Waals surface area contributed by atoms with Gasteiger partial charge in [-0.15, -0.1) is 0 Å². The van der Waals surface area contributed by atoms with Gasteiger partial charge in [0.2, 0.25) is 0 Å². The highest BCUT2D eigenvalue weighted by atomic mass is 16.5. The Morgan fingerprint density at radius 2 is 1.46 bits per heavy atom. The first-order chi connectivity index (χ1) is 13.3. The summed E-state index contributed by atoms with van der Waals surface area (Å²) in [4.78, 5) is 11.8. The normalized spacial score (nSPS) is 10.7. The number of esters is 1. The second kappa shape index (κ2) is 10.7. The van der Waals surface area contributed by atoms with E-state index in [2.05, 4.69) is 35.7 Å². The SMILES string of the molecule is C.CCOC(=O)c1ccc(NC/C(=C/c2ccccc2)c2ccccc2)cc1. The number of anilines is 1. The lowest BCUT2D eigenvalue weighted by molar-refractivity contribution is 0.0526. The average molecular weight is 373 g/mol. The molecule has 0 heterocycles. The minimum Gasteiger partial charge on any atom is -0.462 e. The Balaban J connectivity index is 0.00000280. The van der Waals surface area contributed by atoms with E-state index in [1.54, 1.807) is 19.1 Å². The molecule has 0 spiro atoms. The molecule has 0 fully saturated rings. The number of ether oxygens (including phenoxy) is 1. The molecule has 0 saturated heterocycles. The number of carbonyl (C=O) groups is 1. The molecule has 3 nitrogen and oxygen atoms in total. The van der Waals surface area contributed by atoms with E-state index in [1.165, 1.54) is 11.1 Å². The van der Waals surface area contributed by atoms with Crippen molar-refractivity contribution >= 4 is 23.3 Å². The molecule has 0 atom stereocenters. The van der Waals surface area contributed by atoms with Crippen LogP contribution in [0.4, 0.5) is 5.69 Å². The Kier molecular flexibility index (Phi) is 8.04. The first-order valence-corrected chi connectivity index (χ1v) is 9.08. The molecule has 3 aromatic carbocycles. The molecular weight excluding hydrogens is 346 g/mol. The lowest BCUT2D eigenvalue weighted by atomic mass is 10.0. The topological polar surface area (TPSA) is 38.3 Å². The lowest BCUT2D eigenvalue weighted by Crippen LogP contribution is -2.06. The molecule has 3 aromatic rings. The predicted molar refractivity (Wildman–Crippen MR) is 118 cm³/mol. The van der Waals surface area contributed by atoms with Gasteiger partial charge in [0.05, 0.1) is 12.2 Å². The van der Waals surface area contributed by atoms with Gasteiger partial charge in [-0.1, -0.05) is 68.1 Å². The number of hydrogen-bond acceptors (Lipinski definition) is 3. The summed E-state index contributed by atoms with van der Waals surface area (Å²) in [6, 6.07) is 28.0. The molecule has 0 amide bonds. The minimum absolute atomic E-state index is 0. The Morgan fingerprint density at radius 1 is 0.857 bits per heavy atom. The summed E-state index contributed by atoms with van der Waals surface area (Å²) in [5, 5.41) is 3.44. The molecule has 0 aliphatic heterocycles. The number of benzene rings is 3. The van der Waals surface area contributed by atoms with Gasteiger partial charge < -0.3 is 10.1 Å². The van der Waals surface area contributed by atoms with Crippen molar-refractivity contribution in [1.82, 2.24) is 0 Å². The molecule has 144 valence electrons. The van der Waals surface area contributed by atoms with Gasteiger partial charge >= 0.3 is 5.97 Å². The van der Waals surface area contributed by atoms with E-state index >= 15 is 0 Å². The van der Waals surface area contributed by atoms with Gasteiger partial charge in [-0.25, -0.2) is 4.79 Å². The van der Waals surface area contributed by atoms with Crippen LogP contribution in [0.15, 0.2) is 84.9 Å². The largest absolute Gasteiger partial charge is 0.462 e. The number of rotatable bonds is 7. The van der Waals surface area contributed by atoms with E-state index in [4.69, 9.17) is 4.74 Å². The Labute approximate surface area is 167 Å². The average Bonchev–Trinajstić information content (AvgIpc) is 2.73. The predicted octanol–water partition coefficient (Wildman–Crippen LogP) is 6.15. The maximum absolute atomic E-state index is 11.8. The third-order valence-electron chi connectivity index (χ3n) is 4.16. The summed E-state index contributed by atoms with van der Waals surface area (Å²) in [5.74, 6) is -0.294. The summed E-state index contributed by atoms with van der Waals surface area (Å²) >= 11 is 0. The second-order valence-corrected chi connectivity index (χ2v) is 6.10. The van der Waals surface area contributed by atoms with Gasteiger partial charge in [0.1, 0.15) is 0 Å². The van der Waals surface area contributed by atoms with Crippen LogP contribution < -0.4 is 5.32 Å². The van der Waals surface area contributed by atoms with Crippen LogP contribution in [0, 0.1) is 0 Å². The van der Waals surface area contributed by atoms with E-state index in [0.29, 0.717) is 18.7 Å². The molecular formula is C25H27NO2. The van der Waals surface area contributed by atoms with Gasteiger partial charge in [0.25, 0.3) is 0 Å². The van der Waals surface area contributed by atoms with Crippen LogP contribution in [0.1, 0.15) is 35.8 Å². The van der Waals surface area contributed by atoms with Gasteiger partial charge in [0.15, 0.2) is 0 Å². The number of hydrogen-bond donors (Lipinski definition) is 1. The highest BCUT2D eigenvalue weighted by molar-refractivity contribution is 5.90. The van der Waals surface area contributed by atoms with Crippen LogP contribution in [0.5, 0.6) is 0 Å². The molecule has 0 unspecified atom stereocenters. The van der Waals surface area contributed by atoms with Crippen molar-refractivity contribution in [2.75, 3.05) is 18.5 Å². The lowest BCUT2D eigenvalue weighted by Gasteiger charge is -2.12. The van der Waals surface area contributed by atoms with Crippen LogP contribution in [-0.4, -0.2) is 19.1 Å². The molecule has 3 rings (SSSR count). The Bertz CT molecular complexity index is 885. The fraction of sp³-hybridized carbons (Fsp3) is 0.160. The first-order valence-electron chi connectivity index (χ1n) is 9.08. The highest BCUT2D eigenvalue weighted by Gasteiger charge is 2.06. The highest BCUT2D eigenvalue weighted by Crippen LogP contribution is 2.20. The zero-order chi connectivity index (χ0) is 18.9. The summed E-state index contributed by atoms with van der Waals surface area (Å²) in [7, 11) is 0. The van der Waals surface area contributed by atoms with Gasteiger partial charge in [-0.05, 0) is 54.0 Å². The Hall–Kier alpha value is -3.33. The maximum Gasteiger partial charge on any atom is 0.338 e. The van der Waals surface area contributed by atoms with Crippen LogP contribution in [0.2, 0.25) is 0 Å². The zero-order valence-electron chi connectivity index (χ0n) is 15.4. The molecule has 0 aromatic heterocycles. The van der Waals surface area contributed by atoms with Crippen LogP contribution in [0.25, 0.3) is 11.6 Å². The molecule has 0 radical (unpaired) electrons. The smallest absolute Gasteiger partial charge is 0.338 e. The zero-order valence-corrected chi connectivity index (χ0v) is 15.4. The second-order valence-electron chi connectivity index (χ2n) is 6.10. The fourth-order valence-corrected chi connectivity index (χ4v) is 2.77. The Morgan fingerprint density at radius 3 is 2.07 bits per heavy atom. The van der Waals surface area contributed by atoms with Crippen LogP contribution >= 0.6 is 0 Å². The third-order valence-corrected chi connectivity index (χ3v) is 4.16. The minimum atomic E-state index is -0.294. The summed E-state index contributed by atoms with van der Waals surface area (Å²) in [6.45, 7) is 2.86. The van der Waals surface area contributed by atoms with Gasteiger partial charge in [-0.2, -0.15) is 0 Å². The van der Waals surface area contributed by atoms with Crippen molar-refractivity contribution in [2.24, 2.45) is 0 Å². The first kappa shape index (κ1) is 21.0. The molecule has 1 N–H and O–H groups in total. The molecule has 0 aliphatic rings. The summed E-state index contributed by atoms with van der Waals surface area (Å²) in [6.07, 6.45) is 2.19. The van der Waals surface area contributed by atoms with Gasteiger partial charge in [-0.3, -0.25) is 0 Å². The van der Waals surface area contributed by atoms with E-state index in [9.17, 15) is 4.79 Å². The molecule has 0 bridgehead atoms. The third kappa shape index (κ3) is 5.85. The summed E-state index contributed by atoms with van der Waals surface area (Å²) < 4.78 is 5.02. The standard InChI is InChI=1S/C24H23NO2.CH4/c1-2-27-24(26)21-13-15-23(16-14-21)25-18-22(20-11-7-4-8-12-20)17-19-9-5-3-6-10-19;/h3-17,25H,2,18H2,1H3;1H4/b22-17-;. The van der Waals surface area contributed by atoms with Crippen LogP contribution in [-0.2, 0) is 4.74 Å². The summed E-state index contributed by atoms with van der Waals surface area (Å²) in [5.41, 5.74) is 5.05. The fourth-order valence-electron chi connectivity index (χ4n) is 2.77. The van der Waals surface area contributed by atoms with Crippen molar-refractivity contribution in [3.63, 3.8) is 0 Å².